The molecule has 1 aliphatic rings. The molecule has 0 aliphatic carbocycles. The van der Waals surface area contributed by atoms with Gasteiger partial charge in [-0.3, -0.25) is 9.59 Å². The van der Waals surface area contributed by atoms with E-state index < -0.39 is 11.7 Å². The number of halogens is 3. The van der Waals surface area contributed by atoms with E-state index in [2.05, 4.69) is 4.98 Å². The summed E-state index contributed by atoms with van der Waals surface area (Å²) in [6.45, 7) is 3.13. The van der Waals surface area contributed by atoms with Crippen molar-refractivity contribution in [3.63, 3.8) is 0 Å². The summed E-state index contributed by atoms with van der Waals surface area (Å²) in [5.41, 5.74) is -0.222. The SMILES string of the molecule is CC(=O)c1ccc(OCC(=O)N2CCN(c3ccc(C(F)(F)F)cn3)CC2)cc1. The third kappa shape index (κ3) is 5.24. The third-order valence-electron chi connectivity index (χ3n) is 4.65. The first kappa shape index (κ1) is 20.6. The molecule has 3 rings (SSSR count). The fourth-order valence-corrected chi connectivity index (χ4v) is 2.95. The van der Waals surface area contributed by atoms with Gasteiger partial charge in [0.25, 0.3) is 5.91 Å². The molecule has 0 unspecified atom stereocenters. The zero-order valence-corrected chi connectivity index (χ0v) is 15.8. The van der Waals surface area contributed by atoms with Crippen LogP contribution >= 0.6 is 0 Å². The van der Waals surface area contributed by atoms with E-state index in [0.29, 0.717) is 43.3 Å². The number of carbonyl (C=O) groups is 2. The van der Waals surface area contributed by atoms with Crippen LogP contribution in [0.2, 0.25) is 0 Å². The Balaban J connectivity index is 1.48. The highest BCUT2D eigenvalue weighted by Crippen LogP contribution is 2.29. The van der Waals surface area contributed by atoms with Gasteiger partial charge in [0, 0.05) is 37.9 Å². The van der Waals surface area contributed by atoms with Gasteiger partial charge >= 0.3 is 6.18 Å². The number of aromatic nitrogens is 1. The van der Waals surface area contributed by atoms with Crippen molar-refractivity contribution >= 4 is 17.5 Å². The maximum atomic E-state index is 12.6. The lowest BCUT2D eigenvalue weighted by atomic mass is 10.1. The van der Waals surface area contributed by atoms with Crippen molar-refractivity contribution in [3.05, 3.63) is 53.7 Å². The highest BCUT2D eigenvalue weighted by Gasteiger charge is 2.31. The molecule has 9 heteroatoms. The predicted octanol–water partition coefficient (Wildman–Crippen LogP) is 3.03. The van der Waals surface area contributed by atoms with Gasteiger partial charge in [-0.1, -0.05) is 0 Å². The molecule has 6 nitrogen and oxygen atoms in total. The Kier molecular flexibility index (Phi) is 6.05. The number of benzene rings is 1. The molecular formula is C20H20F3N3O3. The topological polar surface area (TPSA) is 62.7 Å². The van der Waals surface area contributed by atoms with Gasteiger partial charge in [-0.25, -0.2) is 4.98 Å². The molecule has 2 aromatic rings. The molecule has 1 amide bonds. The first-order valence-electron chi connectivity index (χ1n) is 9.04. The highest BCUT2D eigenvalue weighted by molar-refractivity contribution is 5.94. The monoisotopic (exact) mass is 407 g/mol. The van der Waals surface area contributed by atoms with Crippen LogP contribution in [0.3, 0.4) is 0 Å². The maximum absolute atomic E-state index is 12.6. The summed E-state index contributed by atoms with van der Waals surface area (Å²) in [4.78, 5) is 31.0. The Morgan fingerprint density at radius 2 is 1.69 bits per heavy atom. The molecule has 0 N–H and O–H groups in total. The van der Waals surface area contributed by atoms with Crippen LogP contribution in [0.4, 0.5) is 19.0 Å². The highest BCUT2D eigenvalue weighted by atomic mass is 19.4. The van der Waals surface area contributed by atoms with Crippen LogP contribution < -0.4 is 9.64 Å². The lowest BCUT2D eigenvalue weighted by molar-refractivity contribution is -0.138. The largest absolute Gasteiger partial charge is 0.484 e. The zero-order valence-electron chi connectivity index (χ0n) is 15.8. The molecule has 0 saturated carbocycles. The normalized spacial score (nSPS) is 14.6. The second-order valence-electron chi connectivity index (χ2n) is 6.64. The van der Waals surface area contributed by atoms with Gasteiger partial charge in [-0.05, 0) is 43.3 Å². The Morgan fingerprint density at radius 3 is 2.21 bits per heavy atom. The summed E-state index contributed by atoms with van der Waals surface area (Å²) in [6, 6.07) is 8.89. The van der Waals surface area contributed by atoms with Crippen molar-refractivity contribution in [2.24, 2.45) is 0 Å². The Morgan fingerprint density at radius 1 is 1.03 bits per heavy atom. The summed E-state index contributed by atoms with van der Waals surface area (Å²) in [6.07, 6.45) is -3.60. The Bertz CT molecular complexity index is 859. The van der Waals surface area contributed by atoms with E-state index in [9.17, 15) is 22.8 Å². The van der Waals surface area contributed by atoms with Crippen molar-refractivity contribution in [1.29, 1.82) is 0 Å². The van der Waals surface area contributed by atoms with Crippen LogP contribution in [0.25, 0.3) is 0 Å². The molecule has 29 heavy (non-hydrogen) atoms. The molecule has 1 saturated heterocycles. The van der Waals surface area contributed by atoms with Crippen molar-refractivity contribution in [1.82, 2.24) is 9.88 Å². The van der Waals surface area contributed by atoms with E-state index in [1.165, 1.54) is 13.0 Å². The van der Waals surface area contributed by atoms with Gasteiger partial charge in [0.15, 0.2) is 12.4 Å². The number of carbonyl (C=O) groups excluding carboxylic acids is 2. The number of Topliss-reactive ketones (excluding diaryl/α,β-unsaturated/α-hetero) is 1. The van der Waals surface area contributed by atoms with Crippen LogP contribution in [0.1, 0.15) is 22.8 Å². The number of hydrogen-bond acceptors (Lipinski definition) is 5. The number of rotatable bonds is 5. The first-order valence-corrected chi connectivity index (χ1v) is 9.04. The summed E-state index contributed by atoms with van der Waals surface area (Å²) in [5.74, 6) is 0.719. The summed E-state index contributed by atoms with van der Waals surface area (Å²) >= 11 is 0. The maximum Gasteiger partial charge on any atom is 0.417 e. The fourth-order valence-electron chi connectivity index (χ4n) is 2.95. The van der Waals surface area contributed by atoms with Crippen molar-refractivity contribution < 1.29 is 27.5 Å². The molecule has 1 aromatic heterocycles. The molecule has 0 spiro atoms. The lowest BCUT2D eigenvalue weighted by Gasteiger charge is -2.35. The standard InChI is InChI=1S/C20H20F3N3O3/c1-14(27)15-2-5-17(6-3-15)29-13-19(28)26-10-8-25(9-11-26)18-7-4-16(12-24-18)20(21,22)23/h2-7,12H,8-11,13H2,1H3. The summed E-state index contributed by atoms with van der Waals surface area (Å²) < 4.78 is 43.4. The van der Waals surface area contributed by atoms with Gasteiger partial charge in [-0.2, -0.15) is 13.2 Å². The zero-order chi connectivity index (χ0) is 21.0. The molecular weight excluding hydrogens is 387 g/mol. The van der Waals surface area contributed by atoms with Gasteiger partial charge in [0.2, 0.25) is 0 Å². The number of alkyl halides is 3. The molecule has 1 aliphatic heterocycles. The van der Waals surface area contributed by atoms with Crippen molar-refractivity contribution in [3.8, 4) is 5.75 Å². The number of anilines is 1. The summed E-state index contributed by atoms with van der Waals surface area (Å²) in [5, 5.41) is 0. The molecule has 1 aromatic carbocycles. The van der Waals surface area contributed by atoms with E-state index in [-0.39, 0.29) is 18.3 Å². The van der Waals surface area contributed by atoms with Gasteiger partial charge in [0.05, 0.1) is 5.56 Å². The van der Waals surface area contributed by atoms with Gasteiger partial charge < -0.3 is 14.5 Å². The van der Waals surface area contributed by atoms with E-state index in [1.54, 1.807) is 29.2 Å². The predicted molar refractivity (Wildman–Crippen MR) is 100.0 cm³/mol. The number of hydrogen-bond donors (Lipinski definition) is 0. The number of amides is 1. The van der Waals surface area contributed by atoms with E-state index in [1.807, 2.05) is 4.90 Å². The van der Waals surface area contributed by atoms with Crippen molar-refractivity contribution in [2.45, 2.75) is 13.1 Å². The van der Waals surface area contributed by atoms with Crippen molar-refractivity contribution in [2.75, 3.05) is 37.7 Å². The second kappa shape index (κ2) is 8.50. The number of piperazine rings is 1. The first-order chi connectivity index (χ1) is 13.7. The molecule has 0 bridgehead atoms. The molecule has 1 fully saturated rings. The number of pyridine rings is 1. The number of ether oxygens (including phenoxy) is 1. The van der Waals surface area contributed by atoms with Crippen LogP contribution in [0.5, 0.6) is 5.75 Å². The van der Waals surface area contributed by atoms with E-state index in [4.69, 9.17) is 4.74 Å². The minimum atomic E-state index is -4.41. The van der Waals surface area contributed by atoms with Crippen LogP contribution in [-0.4, -0.2) is 54.4 Å². The average Bonchev–Trinajstić information content (AvgIpc) is 2.72. The number of nitrogens with zero attached hydrogens (tertiary/aromatic N) is 3. The van der Waals surface area contributed by atoms with Crippen LogP contribution in [0.15, 0.2) is 42.6 Å². The molecule has 2 heterocycles. The Labute approximate surface area is 165 Å². The molecule has 0 radical (unpaired) electrons. The van der Waals surface area contributed by atoms with E-state index in [0.717, 1.165) is 12.3 Å². The minimum Gasteiger partial charge on any atom is -0.484 e. The fraction of sp³-hybridized carbons (Fsp3) is 0.350. The van der Waals surface area contributed by atoms with Crippen LogP contribution in [-0.2, 0) is 11.0 Å². The second-order valence-corrected chi connectivity index (χ2v) is 6.64. The summed E-state index contributed by atoms with van der Waals surface area (Å²) in [7, 11) is 0. The quantitative estimate of drug-likeness (QED) is 0.713. The van der Waals surface area contributed by atoms with Gasteiger partial charge in [-0.15, -0.1) is 0 Å². The third-order valence-corrected chi connectivity index (χ3v) is 4.65. The Hall–Kier alpha value is -3.10. The van der Waals surface area contributed by atoms with E-state index >= 15 is 0 Å². The van der Waals surface area contributed by atoms with Gasteiger partial charge in [0.1, 0.15) is 11.6 Å². The average molecular weight is 407 g/mol. The van der Waals surface area contributed by atoms with Crippen LogP contribution in [0, 0.1) is 0 Å². The molecule has 0 atom stereocenters. The molecule has 154 valence electrons. The minimum absolute atomic E-state index is 0.0481. The lowest BCUT2D eigenvalue weighted by Crippen LogP contribution is -2.50. The number of ketones is 1. The smallest absolute Gasteiger partial charge is 0.417 e.